The maximum Gasteiger partial charge on any atom is 0.417 e. The van der Waals surface area contributed by atoms with Gasteiger partial charge in [-0.15, -0.1) is 0 Å². The van der Waals surface area contributed by atoms with Gasteiger partial charge in [-0.1, -0.05) is 12.1 Å². The Kier molecular flexibility index (Phi) is 5.95. The summed E-state index contributed by atoms with van der Waals surface area (Å²) >= 11 is 0. The number of nitrogens with one attached hydrogen (secondary N) is 2. The van der Waals surface area contributed by atoms with E-state index in [2.05, 4.69) is 22.4 Å². The normalized spacial score (nSPS) is 16.5. The molecule has 0 saturated carbocycles. The van der Waals surface area contributed by atoms with Gasteiger partial charge in [-0.25, -0.2) is 14.6 Å². The van der Waals surface area contributed by atoms with E-state index >= 15 is 0 Å². The smallest absolute Gasteiger partial charge is 0.417 e. The Morgan fingerprint density at radius 3 is 2.88 bits per heavy atom. The van der Waals surface area contributed by atoms with Crippen LogP contribution in [0.4, 0.5) is 10.6 Å². The third-order valence-electron chi connectivity index (χ3n) is 6.54. The van der Waals surface area contributed by atoms with Crippen molar-refractivity contribution in [3.05, 3.63) is 57.7 Å². The van der Waals surface area contributed by atoms with Crippen LogP contribution in [0.2, 0.25) is 0 Å². The first kappa shape index (κ1) is 22.0. The molecular weight excluding hydrogens is 438 g/mol. The number of urea groups is 1. The summed E-state index contributed by atoms with van der Waals surface area (Å²) in [7, 11) is 0. The van der Waals surface area contributed by atoms with E-state index in [0.29, 0.717) is 36.3 Å². The first-order valence-electron chi connectivity index (χ1n) is 11.6. The monoisotopic (exact) mass is 465 g/mol. The molecule has 2 aromatic heterocycles. The number of H-pyrrole nitrogens is 1. The van der Waals surface area contributed by atoms with E-state index in [0.717, 1.165) is 43.7 Å². The Morgan fingerprint density at radius 1 is 1.18 bits per heavy atom. The molecule has 2 amide bonds. The Bertz CT molecular complexity index is 1280. The van der Waals surface area contributed by atoms with Crippen molar-refractivity contribution < 1.29 is 19.1 Å². The lowest BCUT2D eigenvalue weighted by Crippen LogP contribution is -2.36. The van der Waals surface area contributed by atoms with Gasteiger partial charge in [0, 0.05) is 38.4 Å². The predicted octanol–water partition coefficient (Wildman–Crippen LogP) is 2.41. The number of oxazole rings is 1. The van der Waals surface area contributed by atoms with E-state index in [4.69, 9.17) is 9.40 Å². The van der Waals surface area contributed by atoms with Crippen LogP contribution >= 0.6 is 0 Å². The van der Waals surface area contributed by atoms with Crippen LogP contribution in [0.25, 0.3) is 11.1 Å². The van der Waals surface area contributed by atoms with Gasteiger partial charge in [0.25, 0.3) is 0 Å². The third kappa shape index (κ3) is 4.48. The fourth-order valence-electron chi connectivity index (χ4n) is 4.69. The second-order valence-corrected chi connectivity index (χ2v) is 8.82. The number of aliphatic carboxylic acids is 1. The standard InChI is InChI=1S/C24H27N5O5/c30-22(31)18(16-6-8-19-20(13-16)34-23(32)27-19)14-29-12-11-28(24(29)33)10-2-4-17-7-5-15-3-1-9-25-21(15)26-17/h5-8,13,18H,1-4,9-12,14H2,(H,25,26)(H,27,32)(H,30,31)/t18-/m0/s1. The van der Waals surface area contributed by atoms with Crippen molar-refractivity contribution in [2.24, 2.45) is 0 Å². The maximum atomic E-state index is 12.9. The fourth-order valence-corrected chi connectivity index (χ4v) is 4.69. The molecule has 10 heteroatoms. The van der Waals surface area contributed by atoms with Crippen LogP contribution in [0.1, 0.15) is 35.6 Å². The average Bonchev–Trinajstić information content (AvgIpc) is 3.37. The highest BCUT2D eigenvalue weighted by molar-refractivity contribution is 5.82. The van der Waals surface area contributed by atoms with E-state index in [-0.39, 0.29) is 12.6 Å². The number of carboxylic acids is 1. The number of aromatic nitrogens is 2. The molecule has 1 saturated heterocycles. The number of carboxylic acid groups (broad SMARTS) is 1. The minimum atomic E-state index is -1.03. The Balaban J connectivity index is 1.18. The quantitative estimate of drug-likeness (QED) is 0.465. The van der Waals surface area contributed by atoms with Crippen molar-refractivity contribution in [1.82, 2.24) is 19.8 Å². The molecule has 3 N–H and O–H groups in total. The number of carbonyl (C=O) groups excluding carboxylic acids is 1. The van der Waals surface area contributed by atoms with E-state index in [1.165, 1.54) is 5.56 Å². The van der Waals surface area contributed by atoms with Crippen LogP contribution < -0.4 is 11.1 Å². The molecule has 0 radical (unpaired) electrons. The molecule has 2 aliphatic rings. The van der Waals surface area contributed by atoms with Crippen LogP contribution in [0.3, 0.4) is 0 Å². The minimum absolute atomic E-state index is 0.0584. The number of benzene rings is 1. The molecule has 0 aliphatic carbocycles. The topological polar surface area (TPSA) is 132 Å². The minimum Gasteiger partial charge on any atom is -0.481 e. The van der Waals surface area contributed by atoms with Gasteiger partial charge in [-0.2, -0.15) is 0 Å². The van der Waals surface area contributed by atoms with E-state index in [1.807, 2.05) is 0 Å². The molecule has 0 unspecified atom stereocenters. The number of anilines is 1. The lowest BCUT2D eigenvalue weighted by atomic mass is 9.98. The first-order valence-corrected chi connectivity index (χ1v) is 11.6. The second-order valence-electron chi connectivity index (χ2n) is 8.82. The van der Waals surface area contributed by atoms with Crippen LogP contribution in [0.15, 0.2) is 39.5 Å². The Labute approximate surface area is 195 Å². The van der Waals surface area contributed by atoms with Crippen LogP contribution in [0.5, 0.6) is 0 Å². The molecule has 4 heterocycles. The zero-order valence-corrected chi connectivity index (χ0v) is 18.7. The van der Waals surface area contributed by atoms with Gasteiger partial charge in [0.2, 0.25) is 0 Å². The molecule has 5 rings (SSSR count). The summed E-state index contributed by atoms with van der Waals surface area (Å²) in [5.74, 6) is -1.56. The number of fused-ring (bicyclic) bond motifs is 2. The number of hydrogen-bond donors (Lipinski definition) is 3. The van der Waals surface area contributed by atoms with Crippen molar-refractivity contribution in [2.45, 2.75) is 31.6 Å². The lowest BCUT2D eigenvalue weighted by molar-refractivity contribution is -0.139. The molecule has 1 aromatic carbocycles. The summed E-state index contributed by atoms with van der Waals surface area (Å²) < 4.78 is 5.06. The van der Waals surface area contributed by atoms with Crippen molar-refractivity contribution in [2.75, 3.05) is 38.0 Å². The molecule has 1 atom stereocenters. The van der Waals surface area contributed by atoms with E-state index < -0.39 is 17.6 Å². The summed E-state index contributed by atoms with van der Waals surface area (Å²) in [5, 5.41) is 13.2. The van der Waals surface area contributed by atoms with E-state index in [9.17, 15) is 19.5 Å². The number of aryl methyl sites for hydroxylation is 2. The molecule has 0 bridgehead atoms. The molecule has 34 heavy (non-hydrogen) atoms. The van der Waals surface area contributed by atoms with Crippen LogP contribution in [-0.2, 0) is 17.6 Å². The summed E-state index contributed by atoms with van der Waals surface area (Å²) in [6, 6.07) is 8.85. The molecule has 0 spiro atoms. The number of pyridine rings is 1. The number of nitrogens with zero attached hydrogens (tertiary/aromatic N) is 3. The SMILES string of the molecule is O=C(O)[C@@H](CN1CCN(CCCc2ccc3c(n2)NCCC3)C1=O)c1ccc2[nH]c(=O)oc2c1. The maximum absolute atomic E-state index is 12.9. The van der Waals surface area contributed by atoms with Crippen LogP contribution in [-0.4, -0.2) is 69.6 Å². The number of amides is 2. The Morgan fingerprint density at radius 2 is 2.03 bits per heavy atom. The highest BCUT2D eigenvalue weighted by Crippen LogP contribution is 2.24. The number of rotatable bonds is 8. The lowest BCUT2D eigenvalue weighted by Gasteiger charge is -2.22. The summed E-state index contributed by atoms with van der Waals surface area (Å²) in [5.41, 5.74) is 3.56. The number of carbonyl (C=O) groups is 2. The fraction of sp³-hybridized carbons (Fsp3) is 0.417. The summed E-state index contributed by atoms with van der Waals surface area (Å²) in [6.07, 6.45) is 3.75. The summed E-state index contributed by atoms with van der Waals surface area (Å²) in [6.45, 7) is 2.65. The molecule has 178 valence electrons. The highest BCUT2D eigenvalue weighted by Gasteiger charge is 2.33. The average molecular weight is 466 g/mol. The third-order valence-corrected chi connectivity index (χ3v) is 6.54. The predicted molar refractivity (Wildman–Crippen MR) is 125 cm³/mol. The first-order chi connectivity index (χ1) is 16.5. The van der Waals surface area contributed by atoms with Gasteiger partial charge < -0.3 is 24.6 Å². The number of aromatic amines is 1. The Hall–Kier alpha value is -3.82. The van der Waals surface area contributed by atoms with Crippen molar-refractivity contribution >= 4 is 28.9 Å². The van der Waals surface area contributed by atoms with Crippen molar-refractivity contribution in [1.29, 1.82) is 0 Å². The van der Waals surface area contributed by atoms with Crippen molar-refractivity contribution in [3.8, 4) is 0 Å². The molecular formula is C24H27N5O5. The van der Waals surface area contributed by atoms with Gasteiger partial charge in [0.15, 0.2) is 5.58 Å². The molecule has 3 aromatic rings. The number of hydrogen-bond acceptors (Lipinski definition) is 6. The highest BCUT2D eigenvalue weighted by atomic mass is 16.4. The van der Waals surface area contributed by atoms with E-state index in [1.54, 1.807) is 28.0 Å². The van der Waals surface area contributed by atoms with Gasteiger partial charge in [-0.05, 0) is 55.0 Å². The molecule has 2 aliphatic heterocycles. The molecule has 1 fully saturated rings. The summed E-state index contributed by atoms with van der Waals surface area (Å²) in [4.78, 5) is 46.9. The zero-order chi connectivity index (χ0) is 23.7. The van der Waals surface area contributed by atoms with Gasteiger partial charge in [0.05, 0.1) is 11.4 Å². The van der Waals surface area contributed by atoms with Gasteiger partial charge in [0.1, 0.15) is 5.82 Å². The van der Waals surface area contributed by atoms with Crippen molar-refractivity contribution in [3.63, 3.8) is 0 Å². The second kappa shape index (κ2) is 9.20. The van der Waals surface area contributed by atoms with Crippen LogP contribution in [0, 0.1) is 0 Å². The van der Waals surface area contributed by atoms with Gasteiger partial charge >= 0.3 is 17.8 Å². The largest absolute Gasteiger partial charge is 0.481 e. The molecule has 10 nitrogen and oxygen atoms in total. The zero-order valence-electron chi connectivity index (χ0n) is 18.7. The van der Waals surface area contributed by atoms with Gasteiger partial charge in [-0.3, -0.25) is 9.78 Å².